The van der Waals surface area contributed by atoms with E-state index in [1.807, 2.05) is 0 Å². The first-order valence-electron chi connectivity index (χ1n) is 18.8. The molecule has 0 N–H and O–H groups in total. The fraction of sp³-hybridized carbons (Fsp3) is 0.0196. The van der Waals surface area contributed by atoms with Gasteiger partial charge in [0.05, 0.1) is 22.1 Å². The van der Waals surface area contributed by atoms with E-state index in [2.05, 4.69) is 180 Å². The Hall–Kier alpha value is -6.88. The molecule has 13 rings (SSSR count). The Labute approximate surface area is 320 Å². The van der Waals surface area contributed by atoms with Crippen molar-refractivity contribution in [3.63, 3.8) is 0 Å². The van der Waals surface area contributed by atoms with E-state index >= 15 is 0 Å². The zero-order valence-corrected chi connectivity index (χ0v) is 30.3. The number of benzene rings is 8. The van der Waals surface area contributed by atoms with Gasteiger partial charge in [-0.25, -0.2) is 9.97 Å². The Bertz CT molecular complexity index is 3390. The van der Waals surface area contributed by atoms with Crippen molar-refractivity contribution in [3.05, 3.63) is 198 Å². The first-order chi connectivity index (χ1) is 27.3. The molecule has 0 fully saturated rings. The van der Waals surface area contributed by atoms with Crippen LogP contribution in [0.15, 0.2) is 176 Å². The monoisotopic (exact) mass is 715 g/mol. The predicted octanol–water partition coefficient (Wildman–Crippen LogP) is 13.1. The van der Waals surface area contributed by atoms with Gasteiger partial charge in [0.1, 0.15) is 4.83 Å². The van der Waals surface area contributed by atoms with Gasteiger partial charge >= 0.3 is 0 Å². The van der Waals surface area contributed by atoms with Crippen molar-refractivity contribution in [3.8, 4) is 39.5 Å². The summed E-state index contributed by atoms with van der Waals surface area (Å²) in [6, 6.07) is 64.7. The number of aromatic nitrogens is 3. The summed E-state index contributed by atoms with van der Waals surface area (Å²) in [5.41, 5.74) is 14.3. The maximum atomic E-state index is 5.65. The van der Waals surface area contributed by atoms with Gasteiger partial charge in [-0.15, -0.1) is 11.3 Å². The lowest BCUT2D eigenvalue weighted by atomic mass is 9.70. The van der Waals surface area contributed by atoms with Crippen LogP contribution < -0.4 is 0 Å². The topological polar surface area (TPSA) is 30.7 Å². The lowest BCUT2D eigenvalue weighted by molar-refractivity contribution is 0.794. The van der Waals surface area contributed by atoms with E-state index in [0.29, 0.717) is 5.95 Å². The Kier molecular flexibility index (Phi) is 5.71. The fourth-order valence-corrected chi connectivity index (χ4v) is 11.1. The molecular formula is C51H29N3S. The molecule has 0 amide bonds. The third kappa shape index (κ3) is 3.74. The van der Waals surface area contributed by atoms with E-state index in [1.165, 1.54) is 76.1 Å². The smallest absolute Gasteiger partial charge is 0.236 e. The quantitative estimate of drug-likeness (QED) is 0.178. The third-order valence-corrected chi connectivity index (χ3v) is 13.3. The minimum Gasteiger partial charge on any atom is -0.278 e. The molecule has 4 heteroatoms. The largest absolute Gasteiger partial charge is 0.278 e. The molecule has 3 aromatic heterocycles. The second-order valence-electron chi connectivity index (χ2n) is 14.9. The molecule has 2 aliphatic rings. The lowest BCUT2D eigenvalue weighted by Gasteiger charge is -2.30. The van der Waals surface area contributed by atoms with Crippen LogP contribution in [0.4, 0.5) is 0 Å². The Morgan fingerprint density at radius 3 is 1.75 bits per heavy atom. The molecule has 2 aliphatic carbocycles. The summed E-state index contributed by atoms with van der Waals surface area (Å²) in [5, 5.41) is 7.11. The van der Waals surface area contributed by atoms with Gasteiger partial charge in [-0.1, -0.05) is 146 Å². The molecule has 3 nitrogen and oxygen atoms in total. The fourth-order valence-electron chi connectivity index (χ4n) is 10.0. The Balaban J connectivity index is 1.14. The van der Waals surface area contributed by atoms with E-state index < -0.39 is 5.41 Å². The summed E-state index contributed by atoms with van der Waals surface area (Å²) < 4.78 is 3.49. The number of thiophene rings is 1. The number of rotatable bonds is 2. The van der Waals surface area contributed by atoms with Crippen molar-refractivity contribution >= 4 is 64.2 Å². The summed E-state index contributed by atoms with van der Waals surface area (Å²) in [6.07, 6.45) is 0. The molecule has 1 spiro atoms. The van der Waals surface area contributed by atoms with Crippen LogP contribution in [0.2, 0.25) is 0 Å². The molecule has 0 unspecified atom stereocenters. The molecule has 0 radical (unpaired) electrons. The first-order valence-corrected chi connectivity index (χ1v) is 19.6. The summed E-state index contributed by atoms with van der Waals surface area (Å²) >= 11 is 1.75. The number of hydrogen-bond acceptors (Lipinski definition) is 3. The van der Waals surface area contributed by atoms with Crippen LogP contribution in [0.5, 0.6) is 0 Å². The average Bonchev–Trinajstić information content (AvgIpc) is 3.96. The molecule has 3 heterocycles. The highest BCUT2D eigenvalue weighted by Gasteiger charge is 2.51. The minimum absolute atomic E-state index is 0.436. The van der Waals surface area contributed by atoms with E-state index in [1.54, 1.807) is 11.3 Å². The number of hydrogen-bond donors (Lipinski definition) is 0. The summed E-state index contributed by atoms with van der Waals surface area (Å²) in [6.45, 7) is 0. The Morgan fingerprint density at radius 1 is 0.436 bits per heavy atom. The SMILES string of the molecule is c1ccc2c(c1)-c1ccccc1C21c2ccccc2-c2ccc(-c3nc(-n4c5ccccc5c5cc6ccccc6cc54)nc4sc5ccccc5c34)cc21. The molecule has 8 aromatic carbocycles. The molecule has 0 atom stereocenters. The van der Waals surface area contributed by atoms with Gasteiger partial charge in [0.15, 0.2) is 0 Å². The third-order valence-electron chi connectivity index (χ3n) is 12.2. The average molecular weight is 716 g/mol. The summed E-state index contributed by atoms with van der Waals surface area (Å²) in [4.78, 5) is 12.1. The van der Waals surface area contributed by atoms with Crippen molar-refractivity contribution in [2.45, 2.75) is 5.41 Å². The zero-order valence-electron chi connectivity index (χ0n) is 29.5. The van der Waals surface area contributed by atoms with Gasteiger partial charge in [-0.3, -0.25) is 4.57 Å². The molecule has 0 saturated carbocycles. The second-order valence-corrected chi connectivity index (χ2v) is 15.9. The van der Waals surface area contributed by atoms with Gasteiger partial charge in [0.2, 0.25) is 5.95 Å². The number of nitrogens with zero attached hydrogens (tertiary/aromatic N) is 3. The summed E-state index contributed by atoms with van der Waals surface area (Å²) in [7, 11) is 0. The second kappa shape index (κ2) is 10.6. The molecule has 11 aromatic rings. The standard InChI is InChI=1S/C51H29N3S/c1-2-14-31-29-45-39(27-30(31)13-1)37-18-6-11-23-44(37)54(45)50-52-48(47-38-19-7-12-24-46(38)55-49(47)53-50)32-25-26-36-35-17-5-10-22-42(35)51(43(36)28-32)40-20-8-3-15-33(40)34-16-4-9-21-41(34)51/h1-29H. The van der Waals surface area contributed by atoms with E-state index in [4.69, 9.17) is 9.97 Å². The highest BCUT2D eigenvalue weighted by Crippen LogP contribution is 2.63. The van der Waals surface area contributed by atoms with Gasteiger partial charge in [-0.2, -0.15) is 0 Å². The van der Waals surface area contributed by atoms with Crippen LogP contribution in [0.1, 0.15) is 22.3 Å². The first kappa shape index (κ1) is 29.6. The molecule has 55 heavy (non-hydrogen) atoms. The maximum absolute atomic E-state index is 5.65. The number of para-hydroxylation sites is 1. The molecular weight excluding hydrogens is 687 g/mol. The van der Waals surface area contributed by atoms with Gasteiger partial charge in [0.25, 0.3) is 0 Å². The summed E-state index contributed by atoms with van der Waals surface area (Å²) in [5.74, 6) is 0.686. The van der Waals surface area contributed by atoms with Gasteiger partial charge in [0, 0.05) is 31.8 Å². The van der Waals surface area contributed by atoms with Crippen molar-refractivity contribution in [1.82, 2.24) is 14.5 Å². The zero-order chi connectivity index (χ0) is 35.8. The molecule has 0 bridgehead atoms. The van der Waals surface area contributed by atoms with E-state index in [-0.39, 0.29) is 0 Å². The number of fused-ring (bicyclic) bond motifs is 17. The normalized spacial score (nSPS) is 13.6. The maximum Gasteiger partial charge on any atom is 0.236 e. The van der Waals surface area contributed by atoms with Gasteiger partial charge in [-0.05, 0) is 85.6 Å². The highest BCUT2D eigenvalue weighted by molar-refractivity contribution is 7.25. The molecule has 254 valence electrons. The Morgan fingerprint density at radius 2 is 1.02 bits per heavy atom. The van der Waals surface area contributed by atoms with Crippen molar-refractivity contribution in [1.29, 1.82) is 0 Å². The van der Waals surface area contributed by atoms with Crippen molar-refractivity contribution < 1.29 is 0 Å². The van der Waals surface area contributed by atoms with Crippen molar-refractivity contribution in [2.24, 2.45) is 0 Å². The van der Waals surface area contributed by atoms with Crippen LogP contribution in [-0.4, -0.2) is 14.5 Å². The van der Waals surface area contributed by atoms with Crippen LogP contribution >= 0.6 is 11.3 Å². The van der Waals surface area contributed by atoms with Gasteiger partial charge < -0.3 is 0 Å². The minimum atomic E-state index is -0.436. The van der Waals surface area contributed by atoms with Crippen LogP contribution in [-0.2, 0) is 5.41 Å². The molecule has 0 saturated heterocycles. The van der Waals surface area contributed by atoms with Crippen molar-refractivity contribution in [2.75, 3.05) is 0 Å². The molecule has 0 aliphatic heterocycles. The van der Waals surface area contributed by atoms with Crippen LogP contribution in [0, 0.1) is 0 Å². The van der Waals surface area contributed by atoms with Crippen LogP contribution in [0.3, 0.4) is 0 Å². The predicted molar refractivity (Wildman–Crippen MR) is 228 cm³/mol. The van der Waals surface area contributed by atoms with E-state index in [0.717, 1.165) is 32.5 Å². The van der Waals surface area contributed by atoms with E-state index in [9.17, 15) is 0 Å². The lowest BCUT2D eigenvalue weighted by Crippen LogP contribution is -2.25. The van der Waals surface area contributed by atoms with Crippen LogP contribution in [0.25, 0.3) is 92.3 Å². The highest BCUT2D eigenvalue weighted by atomic mass is 32.1.